The molecule has 0 aliphatic carbocycles. The Balaban J connectivity index is 2.99. The molecule has 0 saturated heterocycles. The zero-order chi connectivity index (χ0) is 5.70. The Morgan fingerprint density at radius 1 is 1.43 bits per heavy atom. The lowest BCUT2D eigenvalue weighted by Gasteiger charge is -2.09. The summed E-state index contributed by atoms with van der Waals surface area (Å²) >= 11 is 0. The van der Waals surface area contributed by atoms with Crippen molar-refractivity contribution in [1.29, 1.82) is 0 Å². The molecule has 0 bridgehead atoms. The van der Waals surface area contributed by atoms with Crippen LogP contribution in [0.25, 0.3) is 0 Å². The van der Waals surface area contributed by atoms with Gasteiger partial charge in [-0.15, -0.1) is 0 Å². The fraction of sp³-hybridized carbons (Fsp3) is 1.00. The summed E-state index contributed by atoms with van der Waals surface area (Å²) in [4.78, 5) is 0. The third-order valence-corrected chi connectivity index (χ3v) is 1.75. The fourth-order valence-corrected chi connectivity index (χ4v) is 0.582. The molecule has 0 saturated carbocycles. The van der Waals surface area contributed by atoms with Crippen LogP contribution in [0.3, 0.4) is 0 Å². The molecule has 7 heavy (non-hydrogen) atoms. The molecule has 0 amide bonds. The lowest BCUT2D eigenvalue weighted by Crippen LogP contribution is -2.09. The summed E-state index contributed by atoms with van der Waals surface area (Å²) in [7, 11) is -0.518. The fourth-order valence-electron chi connectivity index (χ4n) is 0.343. The number of halogens is 1. The minimum absolute atomic E-state index is 0.518. The average Bonchev–Trinajstić information content (AvgIpc) is 1.72. The summed E-state index contributed by atoms with van der Waals surface area (Å²) in [5.41, 5.74) is 0. The molecule has 0 rings (SSSR count). The van der Waals surface area contributed by atoms with Gasteiger partial charge < -0.3 is 0 Å². The highest BCUT2D eigenvalue weighted by molar-refractivity contribution is 7.28. The standard InChI is InChI=1S/C4H11FNP/c1-3-6(4-2)7-5/h7H,3-4H2,1-2H3. The Bertz CT molecular complexity index is 33.2. The monoisotopic (exact) mass is 123 g/mol. The second kappa shape index (κ2) is 4.48. The molecule has 44 valence electrons. The lowest BCUT2D eigenvalue weighted by molar-refractivity contribution is 0.495. The topological polar surface area (TPSA) is 3.24 Å². The van der Waals surface area contributed by atoms with Gasteiger partial charge in [0.2, 0.25) is 0 Å². The first-order valence-electron chi connectivity index (χ1n) is 2.46. The van der Waals surface area contributed by atoms with Crippen LogP contribution in [0.2, 0.25) is 0 Å². The van der Waals surface area contributed by atoms with Crippen LogP contribution in [0.1, 0.15) is 13.8 Å². The molecule has 0 N–H and O–H groups in total. The molecule has 1 atom stereocenters. The van der Waals surface area contributed by atoms with Gasteiger partial charge in [0.1, 0.15) is 9.04 Å². The van der Waals surface area contributed by atoms with Gasteiger partial charge in [-0.25, -0.2) is 4.20 Å². The summed E-state index contributed by atoms with van der Waals surface area (Å²) in [6.45, 7) is 5.56. The number of hydrogen-bond acceptors (Lipinski definition) is 1. The van der Waals surface area contributed by atoms with Gasteiger partial charge >= 0.3 is 0 Å². The third-order valence-electron chi connectivity index (χ3n) is 0.883. The maximum absolute atomic E-state index is 11.6. The predicted octanol–water partition coefficient (Wildman–Crippen LogP) is 1.81. The Morgan fingerprint density at radius 3 is 1.86 bits per heavy atom. The van der Waals surface area contributed by atoms with E-state index >= 15 is 0 Å². The Labute approximate surface area is 45.9 Å². The molecule has 0 aliphatic heterocycles. The molecular weight excluding hydrogens is 112 g/mol. The number of hydrogen-bond donors (Lipinski definition) is 0. The zero-order valence-electron chi connectivity index (χ0n) is 4.74. The molecule has 0 fully saturated rings. The second-order valence-corrected chi connectivity index (χ2v) is 2.06. The Morgan fingerprint density at radius 2 is 1.86 bits per heavy atom. The number of rotatable bonds is 3. The normalized spacial score (nSPS) is 12.0. The molecule has 0 aliphatic rings. The van der Waals surface area contributed by atoms with E-state index in [0.717, 1.165) is 13.1 Å². The first kappa shape index (κ1) is 7.32. The first-order chi connectivity index (χ1) is 3.35. The highest BCUT2D eigenvalue weighted by Gasteiger charge is 1.92. The maximum Gasteiger partial charge on any atom is 0.142 e. The summed E-state index contributed by atoms with van der Waals surface area (Å²) in [5.74, 6) is 0. The summed E-state index contributed by atoms with van der Waals surface area (Å²) in [5, 5.41) is 0. The van der Waals surface area contributed by atoms with Gasteiger partial charge in [0.05, 0.1) is 0 Å². The Kier molecular flexibility index (Phi) is 4.68. The molecule has 0 aromatic heterocycles. The van der Waals surface area contributed by atoms with Gasteiger partial charge in [-0.2, -0.15) is 0 Å². The lowest BCUT2D eigenvalue weighted by atomic mass is 10.7. The molecule has 0 heterocycles. The van der Waals surface area contributed by atoms with Gasteiger partial charge in [0, 0.05) is 13.1 Å². The van der Waals surface area contributed by atoms with Gasteiger partial charge in [-0.3, -0.25) is 4.67 Å². The Hall–Kier alpha value is 0.320. The minimum atomic E-state index is -0.518. The highest BCUT2D eigenvalue weighted by Crippen LogP contribution is 2.16. The highest BCUT2D eigenvalue weighted by atomic mass is 31.1. The van der Waals surface area contributed by atoms with Crippen molar-refractivity contribution in [3.8, 4) is 0 Å². The van der Waals surface area contributed by atoms with Crippen LogP contribution in [0.15, 0.2) is 0 Å². The van der Waals surface area contributed by atoms with E-state index in [1.165, 1.54) is 0 Å². The van der Waals surface area contributed by atoms with E-state index in [-0.39, 0.29) is 0 Å². The van der Waals surface area contributed by atoms with Crippen LogP contribution in [0.5, 0.6) is 0 Å². The molecule has 0 spiro atoms. The molecule has 3 heteroatoms. The average molecular weight is 123 g/mol. The van der Waals surface area contributed by atoms with Crippen molar-refractivity contribution in [2.24, 2.45) is 0 Å². The smallest absolute Gasteiger partial charge is 0.142 e. The van der Waals surface area contributed by atoms with Crippen molar-refractivity contribution < 1.29 is 4.20 Å². The van der Waals surface area contributed by atoms with E-state index in [9.17, 15) is 4.20 Å². The molecular formula is C4H11FNP. The van der Waals surface area contributed by atoms with Gasteiger partial charge in [-0.1, -0.05) is 13.8 Å². The van der Waals surface area contributed by atoms with Gasteiger partial charge in [-0.05, 0) is 0 Å². The van der Waals surface area contributed by atoms with Gasteiger partial charge in [0.15, 0.2) is 0 Å². The predicted molar refractivity (Wildman–Crippen MR) is 32.3 cm³/mol. The molecule has 0 aromatic rings. The van der Waals surface area contributed by atoms with E-state index < -0.39 is 9.04 Å². The molecule has 0 aromatic carbocycles. The zero-order valence-corrected chi connectivity index (χ0v) is 5.74. The van der Waals surface area contributed by atoms with Crippen molar-refractivity contribution in [2.75, 3.05) is 13.1 Å². The van der Waals surface area contributed by atoms with Crippen molar-refractivity contribution in [3.05, 3.63) is 0 Å². The molecule has 1 nitrogen and oxygen atoms in total. The van der Waals surface area contributed by atoms with E-state index in [1.54, 1.807) is 4.67 Å². The van der Waals surface area contributed by atoms with Crippen LogP contribution < -0.4 is 0 Å². The summed E-state index contributed by atoms with van der Waals surface area (Å²) in [6.07, 6.45) is 0. The van der Waals surface area contributed by atoms with Crippen molar-refractivity contribution in [2.45, 2.75) is 13.8 Å². The van der Waals surface area contributed by atoms with Crippen LogP contribution >= 0.6 is 9.04 Å². The number of nitrogens with zero attached hydrogens (tertiary/aromatic N) is 1. The second-order valence-electron chi connectivity index (χ2n) is 1.26. The molecule has 0 radical (unpaired) electrons. The van der Waals surface area contributed by atoms with E-state index in [1.807, 2.05) is 13.8 Å². The van der Waals surface area contributed by atoms with Crippen LogP contribution in [-0.2, 0) is 0 Å². The minimum Gasteiger partial charge on any atom is -0.259 e. The third kappa shape index (κ3) is 2.95. The maximum atomic E-state index is 11.6. The van der Waals surface area contributed by atoms with E-state index in [4.69, 9.17) is 0 Å². The van der Waals surface area contributed by atoms with Crippen molar-refractivity contribution in [1.82, 2.24) is 4.67 Å². The van der Waals surface area contributed by atoms with E-state index in [0.29, 0.717) is 0 Å². The van der Waals surface area contributed by atoms with Crippen LogP contribution in [0.4, 0.5) is 4.20 Å². The van der Waals surface area contributed by atoms with Crippen molar-refractivity contribution in [3.63, 3.8) is 0 Å². The largest absolute Gasteiger partial charge is 0.259 e. The summed E-state index contributed by atoms with van der Waals surface area (Å²) in [6, 6.07) is 0. The van der Waals surface area contributed by atoms with E-state index in [2.05, 4.69) is 0 Å². The quantitative estimate of drug-likeness (QED) is 0.517. The van der Waals surface area contributed by atoms with Crippen molar-refractivity contribution >= 4 is 9.04 Å². The molecule has 1 unspecified atom stereocenters. The summed E-state index contributed by atoms with van der Waals surface area (Å²) < 4.78 is 13.3. The van der Waals surface area contributed by atoms with Gasteiger partial charge in [0.25, 0.3) is 0 Å². The van der Waals surface area contributed by atoms with Crippen LogP contribution in [-0.4, -0.2) is 17.8 Å². The van der Waals surface area contributed by atoms with Crippen LogP contribution in [0, 0.1) is 0 Å². The first-order valence-corrected chi connectivity index (χ1v) is 3.28. The SMILES string of the molecule is CCN(CC)PF.